The molecule has 0 heterocycles. The van der Waals surface area contributed by atoms with Gasteiger partial charge in [-0.1, -0.05) is 29.8 Å². The molecule has 2 rings (SSSR count). The molecule has 0 atom stereocenters. The number of nitrogens with zero attached hydrogens (tertiary/aromatic N) is 1. The van der Waals surface area contributed by atoms with Gasteiger partial charge in [-0.2, -0.15) is 4.31 Å². The number of amides is 2. The molecule has 8 nitrogen and oxygen atoms in total. The van der Waals surface area contributed by atoms with Crippen molar-refractivity contribution in [1.29, 1.82) is 0 Å². The molecule has 2 amide bonds. The van der Waals surface area contributed by atoms with Gasteiger partial charge in [0, 0.05) is 18.8 Å². The fourth-order valence-electron chi connectivity index (χ4n) is 2.47. The average molecular weight is 450 g/mol. The van der Waals surface area contributed by atoms with Crippen LogP contribution >= 0.6 is 0 Å². The van der Waals surface area contributed by atoms with Crippen LogP contribution in [0.5, 0.6) is 0 Å². The molecule has 0 saturated heterocycles. The summed E-state index contributed by atoms with van der Waals surface area (Å²) in [6, 6.07) is 10.4. The van der Waals surface area contributed by atoms with Gasteiger partial charge < -0.3 is 5.32 Å². The molecule has 0 unspecified atom stereocenters. The summed E-state index contributed by atoms with van der Waals surface area (Å²) in [7, 11) is -7.81. The molecule has 0 fully saturated rings. The number of aryl methyl sites for hydroxylation is 1. The highest BCUT2D eigenvalue weighted by Gasteiger charge is 2.22. The van der Waals surface area contributed by atoms with Gasteiger partial charge in [-0.05, 0) is 43.3 Å². The Balaban J connectivity index is 2.11. The molecule has 2 aromatic carbocycles. The Morgan fingerprint density at radius 2 is 1.40 bits per heavy atom. The van der Waals surface area contributed by atoms with Gasteiger partial charge in [-0.15, -0.1) is 13.2 Å². The standard InChI is InChI=1S/C20H23N3O5S2/c1-4-14-23(15-5-2)30(27,28)19-12-8-17(9-13-19)21-20(24)22-29(25,26)18-10-6-16(3)7-11-18/h4-13H,1-2,14-15H2,3H3,(H2,21,22,24). The van der Waals surface area contributed by atoms with E-state index >= 15 is 0 Å². The van der Waals surface area contributed by atoms with Gasteiger partial charge in [0.25, 0.3) is 10.0 Å². The van der Waals surface area contributed by atoms with Crippen molar-refractivity contribution in [1.82, 2.24) is 9.03 Å². The molecule has 160 valence electrons. The lowest BCUT2D eigenvalue weighted by atomic mass is 10.2. The Labute approximate surface area is 177 Å². The number of nitrogens with one attached hydrogen (secondary N) is 2. The Kier molecular flexibility index (Phi) is 7.54. The van der Waals surface area contributed by atoms with E-state index in [1.807, 2.05) is 11.6 Å². The summed E-state index contributed by atoms with van der Waals surface area (Å²) < 4.78 is 52.9. The SMILES string of the molecule is C=CCN(CC=C)S(=O)(=O)c1ccc(NC(=O)NS(=O)(=O)c2ccc(C)cc2)cc1. The lowest BCUT2D eigenvalue weighted by molar-refractivity contribution is 0.256. The molecule has 0 bridgehead atoms. The molecule has 0 aliphatic rings. The minimum absolute atomic E-state index is 0.0180. The fraction of sp³-hybridized carbons (Fsp3) is 0.150. The Morgan fingerprint density at radius 1 is 0.900 bits per heavy atom. The van der Waals surface area contributed by atoms with Crippen molar-refractivity contribution < 1.29 is 21.6 Å². The van der Waals surface area contributed by atoms with E-state index in [1.165, 1.54) is 52.9 Å². The van der Waals surface area contributed by atoms with Gasteiger partial charge >= 0.3 is 6.03 Å². The van der Waals surface area contributed by atoms with Crippen molar-refractivity contribution >= 4 is 31.8 Å². The summed E-state index contributed by atoms with van der Waals surface area (Å²) in [5, 5.41) is 2.37. The highest BCUT2D eigenvalue weighted by molar-refractivity contribution is 7.90. The summed E-state index contributed by atoms with van der Waals surface area (Å²) >= 11 is 0. The fourth-order valence-corrected chi connectivity index (χ4v) is 4.76. The average Bonchev–Trinajstić information content (AvgIpc) is 2.68. The highest BCUT2D eigenvalue weighted by Crippen LogP contribution is 2.19. The van der Waals surface area contributed by atoms with Crippen LogP contribution in [0.3, 0.4) is 0 Å². The number of rotatable bonds is 9. The first-order valence-electron chi connectivity index (χ1n) is 8.82. The van der Waals surface area contributed by atoms with Crippen LogP contribution in [-0.2, 0) is 20.0 Å². The van der Waals surface area contributed by atoms with Crippen LogP contribution in [0.15, 0.2) is 83.6 Å². The molecule has 0 aromatic heterocycles. The number of urea groups is 1. The number of carbonyl (C=O) groups excluding carboxylic acids is 1. The number of benzene rings is 2. The summed E-state index contributed by atoms with van der Waals surface area (Å²) in [4.78, 5) is 12.0. The monoisotopic (exact) mass is 449 g/mol. The normalized spacial score (nSPS) is 11.7. The second kappa shape index (κ2) is 9.70. The van der Waals surface area contributed by atoms with Crippen molar-refractivity contribution in [3.05, 3.63) is 79.4 Å². The third-order valence-electron chi connectivity index (χ3n) is 3.97. The molecule has 0 aliphatic carbocycles. The predicted molar refractivity (Wildman–Crippen MR) is 116 cm³/mol. The molecule has 0 radical (unpaired) electrons. The number of carbonyl (C=O) groups is 1. The Bertz CT molecular complexity index is 1110. The van der Waals surface area contributed by atoms with Crippen molar-refractivity contribution in [3.63, 3.8) is 0 Å². The van der Waals surface area contributed by atoms with Gasteiger partial charge in [-0.3, -0.25) is 0 Å². The summed E-state index contributed by atoms with van der Waals surface area (Å²) in [6.07, 6.45) is 2.94. The Hall–Kier alpha value is -2.95. The second-order valence-corrected chi connectivity index (χ2v) is 9.92. The summed E-state index contributed by atoms with van der Waals surface area (Å²) in [5.74, 6) is 0. The van der Waals surface area contributed by atoms with E-state index in [2.05, 4.69) is 18.5 Å². The molecular formula is C20H23N3O5S2. The van der Waals surface area contributed by atoms with Crippen LogP contribution in [0, 0.1) is 6.92 Å². The molecular weight excluding hydrogens is 426 g/mol. The first-order chi connectivity index (χ1) is 14.1. The zero-order valence-corrected chi connectivity index (χ0v) is 18.0. The first-order valence-corrected chi connectivity index (χ1v) is 11.7. The second-order valence-electron chi connectivity index (χ2n) is 6.30. The maximum atomic E-state index is 12.7. The zero-order valence-electron chi connectivity index (χ0n) is 16.4. The van der Waals surface area contributed by atoms with E-state index in [-0.39, 0.29) is 28.6 Å². The highest BCUT2D eigenvalue weighted by atomic mass is 32.2. The molecule has 2 N–H and O–H groups in total. The molecule has 0 spiro atoms. The van der Waals surface area contributed by atoms with Crippen molar-refractivity contribution in [3.8, 4) is 0 Å². The number of anilines is 1. The molecule has 0 aliphatic heterocycles. The van der Waals surface area contributed by atoms with Gasteiger partial charge in [0.2, 0.25) is 10.0 Å². The van der Waals surface area contributed by atoms with Crippen LogP contribution in [0.25, 0.3) is 0 Å². The zero-order chi connectivity index (χ0) is 22.4. The van der Waals surface area contributed by atoms with Crippen LogP contribution in [0.2, 0.25) is 0 Å². The molecule has 30 heavy (non-hydrogen) atoms. The van der Waals surface area contributed by atoms with Crippen molar-refractivity contribution in [2.75, 3.05) is 18.4 Å². The Morgan fingerprint density at radius 3 is 1.90 bits per heavy atom. The third-order valence-corrected chi connectivity index (χ3v) is 7.17. The van der Waals surface area contributed by atoms with Crippen molar-refractivity contribution in [2.24, 2.45) is 0 Å². The summed E-state index contributed by atoms with van der Waals surface area (Å²) in [6.45, 7) is 9.15. The summed E-state index contributed by atoms with van der Waals surface area (Å²) in [5.41, 5.74) is 1.11. The van der Waals surface area contributed by atoms with E-state index in [0.717, 1.165) is 5.56 Å². The minimum atomic E-state index is -4.04. The van der Waals surface area contributed by atoms with Crippen LogP contribution in [0.1, 0.15) is 5.56 Å². The van der Waals surface area contributed by atoms with Gasteiger partial charge in [0.05, 0.1) is 9.79 Å². The molecule has 2 aromatic rings. The number of sulfonamides is 2. The third kappa shape index (κ3) is 5.78. The van der Waals surface area contributed by atoms with Crippen LogP contribution in [0.4, 0.5) is 10.5 Å². The predicted octanol–water partition coefficient (Wildman–Crippen LogP) is 2.87. The van der Waals surface area contributed by atoms with Crippen LogP contribution < -0.4 is 10.0 Å². The lowest BCUT2D eigenvalue weighted by Gasteiger charge is -2.19. The van der Waals surface area contributed by atoms with Gasteiger partial charge in [0.1, 0.15) is 0 Å². The number of hydrogen-bond donors (Lipinski definition) is 2. The number of hydrogen-bond acceptors (Lipinski definition) is 5. The first kappa shape index (κ1) is 23.3. The smallest absolute Gasteiger partial charge is 0.307 e. The maximum absolute atomic E-state index is 12.7. The largest absolute Gasteiger partial charge is 0.333 e. The maximum Gasteiger partial charge on any atom is 0.333 e. The van der Waals surface area contributed by atoms with Crippen LogP contribution in [-0.4, -0.2) is 40.3 Å². The van der Waals surface area contributed by atoms with E-state index in [0.29, 0.717) is 0 Å². The molecule has 10 heteroatoms. The van der Waals surface area contributed by atoms with Crippen molar-refractivity contribution in [2.45, 2.75) is 16.7 Å². The lowest BCUT2D eigenvalue weighted by Crippen LogP contribution is -2.34. The minimum Gasteiger partial charge on any atom is -0.307 e. The van der Waals surface area contributed by atoms with Gasteiger partial charge in [-0.25, -0.2) is 26.4 Å². The molecule has 0 saturated carbocycles. The topological polar surface area (TPSA) is 113 Å². The quantitative estimate of drug-likeness (QED) is 0.572. The van der Waals surface area contributed by atoms with E-state index in [4.69, 9.17) is 0 Å². The van der Waals surface area contributed by atoms with E-state index < -0.39 is 26.1 Å². The van der Waals surface area contributed by atoms with Gasteiger partial charge in [0.15, 0.2) is 0 Å². The van der Waals surface area contributed by atoms with E-state index in [1.54, 1.807) is 12.1 Å². The van der Waals surface area contributed by atoms with E-state index in [9.17, 15) is 21.6 Å².